The average Bonchev–Trinajstić information content (AvgIpc) is 2.20. The second-order valence-electron chi connectivity index (χ2n) is 3.27. The Morgan fingerprint density at radius 1 is 1.73 bits per heavy atom. The molecule has 4 nitrogen and oxygen atoms in total. The standard InChI is InChI=1S/C10H13ClN2O2/c1-6-3-9(11)13-5-7(6)4-8(12)10(14)15-2/h3,5,8H,4,12H2,1-2H3/t8-/m0/s1. The van der Waals surface area contributed by atoms with Crippen molar-refractivity contribution in [3.63, 3.8) is 0 Å². The van der Waals surface area contributed by atoms with Gasteiger partial charge in [0.25, 0.3) is 0 Å². The molecule has 1 atom stereocenters. The predicted molar refractivity (Wildman–Crippen MR) is 57.7 cm³/mol. The van der Waals surface area contributed by atoms with Crippen LogP contribution in [0.5, 0.6) is 0 Å². The Morgan fingerprint density at radius 3 is 2.93 bits per heavy atom. The maximum absolute atomic E-state index is 11.1. The molecule has 0 aliphatic rings. The highest BCUT2D eigenvalue weighted by Gasteiger charge is 2.15. The van der Waals surface area contributed by atoms with E-state index in [0.29, 0.717) is 11.6 Å². The van der Waals surface area contributed by atoms with Crippen LogP contribution in [0.3, 0.4) is 0 Å². The molecule has 2 N–H and O–H groups in total. The Morgan fingerprint density at radius 2 is 2.40 bits per heavy atom. The summed E-state index contributed by atoms with van der Waals surface area (Å²) in [6.07, 6.45) is 2.03. The number of hydrogen-bond acceptors (Lipinski definition) is 4. The third-order valence-corrected chi connectivity index (χ3v) is 2.34. The molecular formula is C10H13ClN2O2. The molecule has 0 aliphatic heterocycles. The molecule has 0 bridgehead atoms. The first-order chi connectivity index (χ1) is 7.04. The van der Waals surface area contributed by atoms with Crippen molar-refractivity contribution in [3.05, 3.63) is 28.5 Å². The van der Waals surface area contributed by atoms with Crippen LogP contribution >= 0.6 is 11.6 Å². The number of esters is 1. The molecule has 82 valence electrons. The van der Waals surface area contributed by atoms with E-state index in [9.17, 15) is 4.79 Å². The lowest BCUT2D eigenvalue weighted by Gasteiger charge is -2.10. The number of nitrogens with zero attached hydrogens (tertiary/aromatic N) is 1. The quantitative estimate of drug-likeness (QED) is 0.621. The SMILES string of the molecule is COC(=O)[C@@H](N)Cc1cnc(Cl)cc1C. The first-order valence-corrected chi connectivity index (χ1v) is 4.87. The highest BCUT2D eigenvalue weighted by molar-refractivity contribution is 6.29. The summed E-state index contributed by atoms with van der Waals surface area (Å²) in [5, 5.41) is 0.433. The summed E-state index contributed by atoms with van der Waals surface area (Å²) in [5.74, 6) is -0.427. The molecule has 0 radical (unpaired) electrons. The zero-order valence-electron chi connectivity index (χ0n) is 8.66. The van der Waals surface area contributed by atoms with Gasteiger partial charge in [-0.15, -0.1) is 0 Å². The number of rotatable bonds is 3. The van der Waals surface area contributed by atoms with E-state index in [2.05, 4.69) is 9.72 Å². The van der Waals surface area contributed by atoms with Gasteiger partial charge in [-0.3, -0.25) is 4.79 Å². The minimum atomic E-state index is -0.656. The summed E-state index contributed by atoms with van der Waals surface area (Å²) in [5.41, 5.74) is 7.50. The lowest BCUT2D eigenvalue weighted by molar-refractivity contribution is -0.142. The molecular weight excluding hydrogens is 216 g/mol. The van der Waals surface area contributed by atoms with Crippen LogP contribution in [0.4, 0.5) is 0 Å². The van der Waals surface area contributed by atoms with Gasteiger partial charge in [-0.05, 0) is 24.1 Å². The van der Waals surface area contributed by atoms with Crippen molar-refractivity contribution in [2.45, 2.75) is 19.4 Å². The fourth-order valence-corrected chi connectivity index (χ4v) is 1.45. The number of carbonyl (C=O) groups is 1. The Labute approximate surface area is 93.4 Å². The van der Waals surface area contributed by atoms with Crippen molar-refractivity contribution in [1.29, 1.82) is 0 Å². The van der Waals surface area contributed by atoms with E-state index >= 15 is 0 Å². The van der Waals surface area contributed by atoms with Gasteiger partial charge in [0.05, 0.1) is 7.11 Å². The van der Waals surface area contributed by atoms with Gasteiger partial charge in [0.2, 0.25) is 0 Å². The van der Waals surface area contributed by atoms with Crippen molar-refractivity contribution in [2.75, 3.05) is 7.11 Å². The maximum atomic E-state index is 11.1. The highest BCUT2D eigenvalue weighted by Crippen LogP contribution is 2.13. The molecule has 0 saturated heterocycles. The van der Waals surface area contributed by atoms with E-state index in [4.69, 9.17) is 17.3 Å². The third-order valence-electron chi connectivity index (χ3n) is 2.13. The zero-order valence-corrected chi connectivity index (χ0v) is 9.41. The predicted octanol–water partition coefficient (Wildman–Crippen LogP) is 1.09. The van der Waals surface area contributed by atoms with Crippen molar-refractivity contribution in [2.24, 2.45) is 5.73 Å². The largest absolute Gasteiger partial charge is 0.468 e. The molecule has 0 amide bonds. The highest BCUT2D eigenvalue weighted by atomic mass is 35.5. The summed E-state index contributed by atoms with van der Waals surface area (Å²) in [4.78, 5) is 15.0. The topological polar surface area (TPSA) is 65.2 Å². The number of halogens is 1. The van der Waals surface area contributed by atoms with Crippen molar-refractivity contribution >= 4 is 17.6 Å². The number of carbonyl (C=O) groups excluding carboxylic acids is 1. The van der Waals surface area contributed by atoms with Gasteiger partial charge in [-0.1, -0.05) is 11.6 Å². The van der Waals surface area contributed by atoms with E-state index in [-0.39, 0.29) is 0 Å². The van der Waals surface area contributed by atoms with Gasteiger partial charge in [-0.25, -0.2) is 4.98 Å². The van der Waals surface area contributed by atoms with Gasteiger partial charge < -0.3 is 10.5 Å². The molecule has 1 rings (SSSR count). The number of ether oxygens (including phenoxy) is 1. The van der Waals surface area contributed by atoms with E-state index in [0.717, 1.165) is 11.1 Å². The van der Waals surface area contributed by atoms with E-state index in [1.165, 1.54) is 7.11 Å². The van der Waals surface area contributed by atoms with Crippen molar-refractivity contribution in [1.82, 2.24) is 4.98 Å². The van der Waals surface area contributed by atoms with Crippen LogP contribution < -0.4 is 5.73 Å². The molecule has 0 aromatic carbocycles. The summed E-state index contributed by atoms with van der Waals surface area (Å²) in [6, 6.07) is 1.08. The third kappa shape index (κ3) is 3.18. The fourth-order valence-electron chi connectivity index (χ4n) is 1.24. The molecule has 15 heavy (non-hydrogen) atoms. The Bertz CT molecular complexity index is 368. The molecule has 0 unspecified atom stereocenters. The van der Waals surface area contributed by atoms with Gasteiger partial charge >= 0.3 is 5.97 Å². The summed E-state index contributed by atoms with van der Waals surface area (Å²) < 4.78 is 4.54. The average molecular weight is 229 g/mol. The van der Waals surface area contributed by atoms with Crippen LogP contribution in [0.25, 0.3) is 0 Å². The monoisotopic (exact) mass is 228 g/mol. The minimum absolute atomic E-state index is 0.405. The number of aryl methyl sites for hydroxylation is 1. The lowest BCUT2D eigenvalue weighted by Crippen LogP contribution is -2.33. The molecule has 1 aromatic rings. The zero-order chi connectivity index (χ0) is 11.4. The van der Waals surface area contributed by atoms with E-state index < -0.39 is 12.0 Å². The molecule has 0 saturated carbocycles. The smallest absolute Gasteiger partial charge is 0.322 e. The first-order valence-electron chi connectivity index (χ1n) is 4.49. The van der Waals surface area contributed by atoms with Crippen LogP contribution in [0.2, 0.25) is 5.15 Å². The van der Waals surface area contributed by atoms with Gasteiger partial charge in [0, 0.05) is 12.6 Å². The summed E-state index contributed by atoms with van der Waals surface area (Å²) in [7, 11) is 1.31. The molecule has 5 heteroatoms. The van der Waals surface area contributed by atoms with Gasteiger partial charge in [0.15, 0.2) is 0 Å². The number of nitrogens with two attached hydrogens (primary N) is 1. The van der Waals surface area contributed by atoms with Gasteiger partial charge in [0.1, 0.15) is 11.2 Å². The Balaban J connectivity index is 2.76. The number of aromatic nitrogens is 1. The summed E-state index contributed by atoms with van der Waals surface area (Å²) in [6.45, 7) is 1.90. The summed E-state index contributed by atoms with van der Waals surface area (Å²) >= 11 is 5.71. The fraction of sp³-hybridized carbons (Fsp3) is 0.400. The van der Waals surface area contributed by atoms with Gasteiger partial charge in [-0.2, -0.15) is 0 Å². The van der Waals surface area contributed by atoms with Crippen LogP contribution in [-0.4, -0.2) is 24.1 Å². The number of hydrogen-bond donors (Lipinski definition) is 1. The van der Waals surface area contributed by atoms with Crippen LogP contribution in [0, 0.1) is 6.92 Å². The van der Waals surface area contributed by atoms with Crippen LogP contribution in [0.15, 0.2) is 12.3 Å². The molecule has 0 fully saturated rings. The van der Waals surface area contributed by atoms with Crippen LogP contribution in [0.1, 0.15) is 11.1 Å². The normalized spacial score (nSPS) is 12.3. The minimum Gasteiger partial charge on any atom is -0.468 e. The maximum Gasteiger partial charge on any atom is 0.322 e. The molecule has 0 aliphatic carbocycles. The van der Waals surface area contributed by atoms with E-state index in [1.54, 1.807) is 12.3 Å². The lowest BCUT2D eigenvalue weighted by atomic mass is 10.0. The van der Waals surface area contributed by atoms with Crippen molar-refractivity contribution in [3.8, 4) is 0 Å². The van der Waals surface area contributed by atoms with Crippen molar-refractivity contribution < 1.29 is 9.53 Å². The number of methoxy groups -OCH3 is 1. The molecule has 1 heterocycles. The second-order valence-corrected chi connectivity index (χ2v) is 3.65. The van der Waals surface area contributed by atoms with E-state index in [1.807, 2.05) is 6.92 Å². The number of pyridine rings is 1. The first kappa shape index (κ1) is 11.9. The molecule has 1 aromatic heterocycles. The van der Waals surface area contributed by atoms with Crippen LogP contribution in [-0.2, 0) is 16.0 Å². The molecule has 0 spiro atoms. The Kier molecular flexibility index (Phi) is 4.05. The second kappa shape index (κ2) is 5.09. The Hall–Kier alpha value is -1.13.